The first-order valence-electron chi connectivity index (χ1n) is 6.10. The summed E-state index contributed by atoms with van der Waals surface area (Å²) in [5.74, 6) is -0.116. The Labute approximate surface area is 118 Å². The van der Waals surface area contributed by atoms with Crippen molar-refractivity contribution in [2.24, 2.45) is 0 Å². The van der Waals surface area contributed by atoms with Crippen molar-refractivity contribution in [1.29, 1.82) is 0 Å². The summed E-state index contributed by atoms with van der Waals surface area (Å²) in [6, 6.07) is 12.9. The van der Waals surface area contributed by atoms with Gasteiger partial charge in [0.1, 0.15) is 6.61 Å². The molecule has 4 nitrogen and oxygen atoms in total. The van der Waals surface area contributed by atoms with Gasteiger partial charge in [0.25, 0.3) is 6.47 Å². The van der Waals surface area contributed by atoms with E-state index in [4.69, 9.17) is 4.74 Å². The Balaban J connectivity index is 2.14. The highest BCUT2D eigenvalue weighted by atomic mass is 32.2. The van der Waals surface area contributed by atoms with Gasteiger partial charge in [-0.3, -0.25) is 9.00 Å². The summed E-state index contributed by atoms with van der Waals surface area (Å²) in [4.78, 5) is 10.7. The van der Waals surface area contributed by atoms with Gasteiger partial charge >= 0.3 is 0 Å². The van der Waals surface area contributed by atoms with Gasteiger partial charge in [0.15, 0.2) is 0 Å². The maximum absolute atomic E-state index is 11.1. The van der Waals surface area contributed by atoms with Crippen molar-refractivity contribution in [3.05, 3.63) is 53.6 Å². The second-order valence-electron chi connectivity index (χ2n) is 4.55. The molecular weight excluding hydrogens is 276 g/mol. The van der Waals surface area contributed by atoms with Crippen LogP contribution in [0.5, 0.6) is 0 Å². The summed E-state index contributed by atoms with van der Waals surface area (Å²) in [5, 5.41) is 0. The van der Waals surface area contributed by atoms with E-state index < -0.39 is 11.1 Å². The van der Waals surface area contributed by atoms with Crippen LogP contribution in [0.2, 0.25) is 0 Å². The molecule has 0 bridgehead atoms. The molecule has 1 aliphatic carbocycles. The van der Waals surface area contributed by atoms with Gasteiger partial charge in [-0.05, 0) is 45.5 Å². The maximum atomic E-state index is 11.1. The van der Waals surface area contributed by atoms with Crippen LogP contribution in [0.3, 0.4) is 0 Å². The van der Waals surface area contributed by atoms with Crippen molar-refractivity contribution in [1.82, 2.24) is 0 Å². The molecule has 3 rings (SSSR count). The lowest BCUT2D eigenvalue weighted by Gasteiger charge is -2.13. The first-order chi connectivity index (χ1) is 9.72. The summed E-state index contributed by atoms with van der Waals surface area (Å²) in [6.07, 6.45) is 0. The predicted octanol–water partition coefficient (Wildman–Crippen LogP) is 2.21. The van der Waals surface area contributed by atoms with Crippen LogP contribution in [0.1, 0.15) is 17.0 Å². The Morgan fingerprint density at radius 1 is 1.15 bits per heavy atom. The number of carbonyl (C=O) groups is 1. The number of carbonyl (C=O) groups excluding carboxylic acids is 1. The third-order valence-electron chi connectivity index (χ3n) is 3.55. The van der Waals surface area contributed by atoms with Crippen LogP contribution in [0.15, 0.2) is 47.4 Å². The van der Waals surface area contributed by atoms with Crippen molar-refractivity contribution in [2.45, 2.75) is 10.8 Å². The zero-order valence-corrected chi connectivity index (χ0v) is 11.3. The number of ether oxygens (including phenoxy) is 1. The van der Waals surface area contributed by atoms with E-state index in [-0.39, 0.29) is 17.4 Å². The first-order valence-corrected chi connectivity index (χ1v) is 7.17. The summed E-state index contributed by atoms with van der Waals surface area (Å²) in [6.45, 7) is 0.624. The molecule has 1 aliphatic rings. The Morgan fingerprint density at radius 3 is 2.65 bits per heavy atom. The lowest BCUT2D eigenvalue weighted by molar-refractivity contribution is -0.128. The topological polar surface area (TPSA) is 66.4 Å². The van der Waals surface area contributed by atoms with Gasteiger partial charge in [0.05, 0.1) is 0 Å². The molecule has 0 radical (unpaired) electrons. The molecule has 0 fully saturated rings. The van der Waals surface area contributed by atoms with E-state index in [0.717, 1.165) is 22.3 Å². The predicted molar refractivity (Wildman–Crippen MR) is 72.9 cm³/mol. The fraction of sp³-hybridized carbons (Fsp3) is 0.133. The molecule has 20 heavy (non-hydrogen) atoms. The number of benzene rings is 2. The number of hydrogen-bond donors (Lipinski definition) is 0. The molecule has 0 spiro atoms. The third kappa shape index (κ3) is 2.05. The van der Waals surface area contributed by atoms with Gasteiger partial charge in [-0.1, -0.05) is 30.3 Å². The van der Waals surface area contributed by atoms with E-state index in [1.165, 1.54) is 0 Å². The monoisotopic (exact) mass is 287 g/mol. The molecule has 2 aromatic rings. The Kier molecular flexibility index (Phi) is 3.38. The summed E-state index contributed by atoms with van der Waals surface area (Å²) in [5.41, 5.74) is 3.99. The third-order valence-corrected chi connectivity index (χ3v) is 4.19. The normalized spacial score (nSPS) is 17.1. The number of fused-ring (bicyclic) bond motifs is 3. The number of hydrogen-bond acceptors (Lipinski definition) is 4. The van der Waals surface area contributed by atoms with Crippen molar-refractivity contribution >= 4 is 17.6 Å². The maximum Gasteiger partial charge on any atom is 0.293 e. The zero-order chi connectivity index (χ0) is 14.1. The quantitative estimate of drug-likeness (QED) is 0.638. The van der Waals surface area contributed by atoms with Crippen molar-refractivity contribution in [3.63, 3.8) is 0 Å². The minimum Gasteiger partial charge on any atom is -0.768 e. The molecule has 0 saturated carbocycles. The standard InChI is InChI=1S/C15H12O4S/c16-9-19-8-15-12-4-2-1-3-11(12)13-6-5-10(20(17)18)7-14(13)15/h1-7,9,15H,8H2,(H,17,18)/p-1. The van der Waals surface area contributed by atoms with E-state index in [0.29, 0.717) is 6.47 Å². The lowest BCUT2D eigenvalue weighted by atomic mass is 9.98. The van der Waals surface area contributed by atoms with Gasteiger partial charge < -0.3 is 9.29 Å². The highest BCUT2D eigenvalue weighted by Gasteiger charge is 2.29. The van der Waals surface area contributed by atoms with Gasteiger partial charge in [0.2, 0.25) is 0 Å². The average Bonchev–Trinajstić information content (AvgIpc) is 2.78. The smallest absolute Gasteiger partial charge is 0.293 e. The largest absolute Gasteiger partial charge is 0.768 e. The van der Waals surface area contributed by atoms with E-state index >= 15 is 0 Å². The van der Waals surface area contributed by atoms with E-state index in [2.05, 4.69) is 0 Å². The van der Waals surface area contributed by atoms with Gasteiger partial charge in [0, 0.05) is 10.8 Å². The van der Waals surface area contributed by atoms with Crippen LogP contribution >= 0.6 is 0 Å². The van der Waals surface area contributed by atoms with Crippen molar-refractivity contribution in [2.75, 3.05) is 6.61 Å². The van der Waals surface area contributed by atoms with Gasteiger partial charge in [-0.15, -0.1) is 0 Å². The molecular formula is C15H11O4S-. The van der Waals surface area contributed by atoms with E-state index in [1.54, 1.807) is 18.2 Å². The Morgan fingerprint density at radius 2 is 1.90 bits per heavy atom. The van der Waals surface area contributed by atoms with E-state index in [9.17, 15) is 13.6 Å². The molecule has 5 heteroatoms. The van der Waals surface area contributed by atoms with Crippen LogP contribution < -0.4 is 0 Å². The average molecular weight is 287 g/mol. The summed E-state index contributed by atoms with van der Waals surface area (Å²) in [7, 11) is 0. The molecule has 0 heterocycles. The Bertz CT molecular complexity index is 696. The number of rotatable bonds is 4. The molecule has 2 atom stereocenters. The van der Waals surface area contributed by atoms with Crippen LogP contribution in [0.4, 0.5) is 0 Å². The minimum atomic E-state index is -2.27. The SMILES string of the molecule is O=COCC1c2ccccc2-c2ccc(S(=O)[O-])cc21. The van der Waals surface area contributed by atoms with Gasteiger partial charge in [-0.2, -0.15) is 0 Å². The van der Waals surface area contributed by atoms with Crippen LogP contribution in [0, 0.1) is 0 Å². The molecule has 102 valence electrons. The highest BCUT2D eigenvalue weighted by Crippen LogP contribution is 2.45. The van der Waals surface area contributed by atoms with Gasteiger partial charge in [-0.25, -0.2) is 0 Å². The minimum absolute atomic E-state index is 0.116. The van der Waals surface area contributed by atoms with Crippen molar-refractivity contribution < 1.29 is 18.3 Å². The summed E-state index contributed by atoms with van der Waals surface area (Å²) < 4.78 is 27.1. The van der Waals surface area contributed by atoms with Crippen molar-refractivity contribution in [3.8, 4) is 11.1 Å². The van der Waals surface area contributed by atoms with E-state index in [1.807, 2.05) is 24.3 Å². The fourth-order valence-electron chi connectivity index (χ4n) is 2.71. The molecule has 0 N–H and O–H groups in total. The molecule has 2 unspecified atom stereocenters. The zero-order valence-electron chi connectivity index (χ0n) is 10.4. The Hall–Kier alpha value is -1.98. The van der Waals surface area contributed by atoms with Crippen LogP contribution in [-0.2, 0) is 20.6 Å². The second-order valence-corrected chi connectivity index (χ2v) is 5.49. The summed E-state index contributed by atoms with van der Waals surface area (Å²) >= 11 is -2.27. The second kappa shape index (κ2) is 5.19. The van der Waals surface area contributed by atoms with Crippen LogP contribution in [-0.4, -0.2) is 21.8 Å². The lowest BCUT2D eigenvalue weighted by Crippen LogP contribution is -2.06. The molecule has 0 aromatic heterocycles. The highest BCUT2D eigenvalue weighted by molar-refractivity contribution is 7.79. The molecule has 2 aromatic carbocycles. The molecule has 0 saturated heterocycles. The fourth-order valence-corrected chi connectivity index (χ4v) is 3.11. The molecule has 0 aliphatic heterocycles. The van der Waals surface area contributed by atoms with Crippen LogP contribution in [0.25, 0.3) is 11.1 Å². The first kappa shape index (κ1) is 13.0. The molecule has 0 amide bonds.